The van der Waals surface area contributed by atoms with Gasteiger partial charge in [-0.15, -0.1) is 0 Å². The summed E-state index contributed by atoms with van der Waals surface area (Å²) in [5.74, 6) is 0. The van der Waals surface area contributed by atoms with Gasteiger partial charge in [0, 0.05) is 19.2 Å². The van der Waals surface area contributed by atoms with Crippen LogP contribution in [0.25, 0.3) is 0 Å². The van der Waals surface area contributed by atoms with E-state index in [1.165, 1.54) is 0 Å². The first-order chi connectivity index (χ1) is 3.93. The maximum absolute atomic E-state index is 5.24. The zero-order valence-corrected chi connectivity index (χ0v) is 5.31. The van der Waals surface area contributed by atoms with Crippen molar-refractivity contribution in [1.82, 2.24) is 5.32 Å². The van der Waals surface area contributed by atoms with Crippen molar-refractivity contribution in [1.29, 1.82) is 0 Å². The second-order valence-corrected chi connectivity index (χ2v) is 2.18. The lowest BCUT2D eigenvalue weighted by atomic mass is 10.5. The molecule has 0 radical (unpaired) electrons. The monoisotopic (exact) mass is 115 g/mol. The smallest absolute Gasteiger partial charge is 0.0632 e. The van der Waals surface area contributed by atoms with E-state index in [2.05, 4.69) is 12.2 Å². The molecule has 2 nitrogen and oxygen atoms in total. The van der Waals surface area contributed by atoms with Crippen molar-refractivity contribution in [2.75, 3.05) is 19.8 Å². The summed E-state index contributed by atoms with van der Waals surface area (Å²) in [5.41, 5.74) is 0. The van der Waals surface area contributed by atoms with Gasteiger partial charge in [-0.05, 0) is 6.42 Å². The summed E-state index contributed by atoms with van der Waals surface area (Å²) < 4.78 is 5.24. The molecule has 1 N–H and O–H groups in total. The van der Waals surface area contributed by atoms with Gasteiger partial charge >= 0.3 is 0 Å². The van der Waals surface area contributed by atoms with Crippen LogP contribution >= 0.6 is 0 Å². The molecule has 0 aromatic rings. The van der Waals surface area contributed by atoms with E-state index in [9.17, 15) is 0 Å². The first-order valence-corrected chi connectivity index (χ1v) is 3.24. The molecular formula is C6H13NO. The summed E-state index contributed by atoms with van der Waals surface area (Å²) in [6, 6.07) is 0.682. The van der Waals surface area contributed by atoms with E-state index >= 15 is 0 Å². The third kappa shape index (κ3) is 2.28. The van der Waals surface area contributed by atoms with Crippen LogP contribution in [0.5, 0.6) is 0 Å². The fourth-order valence-corrected chi connectivity index (χ4v) is 0.571. The molecule has 0 aromatic carbocycles. The third-order valence-electron chi connectivity index (χ3n) is 1.16. The number of rotatable bonds is 4. The highest BCUT2D eigenvalue weighted by atomic mass is 16.5. The Hall–Kier alpha value is -0.0800. The van der Waals surface area contributed by atoms with Crippen LogP contribution in [0.2, 0.25) is 0 Å². The Morgan fingerprint density at radius 3 is 3.00 bits per heavy atom. The van der Waals surface area contributed by atoms with Gasteiger partial charge in [0.2, 0.25) is 0 Å². The van der Waals surface area contributed by atoms with E-state index in [1.807, 2.05) is 0 Å². The summed E-state index contributed by atoms with van der Waals surface area (Å²) in [6.45, 7) is 5.11. The highest BCUT2D eigenvalue weighted by molar-refractivity contribution is 4.82. The molecule has 1 heterocycles. The summed E-state index contributed by atoms with van der Waals surface area (Å²) in [5, 5.41) is 3.17. The molecule has 8 heavy (non-hydrogen) atoms. The zero-order chi connectivity index (χ0) is 5.82. The standard InChI is InChI=1S/C6H13NO/c1-2-3-8-5-6-4-7-6/h6-7H,2-5H2,1H3. The van der Waals surface area contributed by atoms with E-state index in [1.54, 1.807) is 0 Å². The maximum Gasteiger partial charge on any atom is 0.0632 e. The molecule has 48 valence electrons. The lowest BCUT2D eigenvalue weighted by Crippen LogP contribution is -2.04. The number of ether oxygens (including phenoxy) is 1. The van der Waals surface area contributed by atoms with Gasteiger partial charge in [0.15, 0.2) is 0 Å². The van der Waals surface area contributed by atoms with Gasteiger partial charge in [-0.2, -0.15) is 0 Å². The predicted molar refractivity (Wildman–Crippen MR) is 32.9 cm³/mol. The average molecular weight is 115 g/mol. The molecular weight excluding hydrogens is 102 g/mol. The van der Waals surface area contributed by atoms with Crippen molar-refractivity contribution in [2.45, 2.75) is 19.4 Å². The number of hydrogen-bond acceptors (Lipinski definition) is 2. The van der Waals surface area contributed by atoms with Crippen molar-refractivity contribution in [3.05, 3.63) is 0 Å². The summed E-state index contributed by atoms with van der Waals surface area (Å²) in [6.07, 6.45) is 1.13. The minimum absolute atomic E-state index is 0.682. The van der Waals surface area contributed by atoms with Crippen LogP contribution in [-0.2, 0) is 4.74 Å². The molecule has 0 amide bonds. The Balaban J connectivity index is 1.74. The molecule has 1 saturated heterocycles. The molecule has 0 aromatic heterocycles. The van der Waals surface area contributed by atoms with Crippen LogP contribution in [0.15, 0.2) is 0 Å². The molecule has 1 unspecified atom stereocenters. The van der Waals surface area contributed by atoms with E-state index in [0.29, 0.717) is 6.04 Å². The minimum Gasteiger partial charge on any atom is -0.380 e. The average Bonchev–Trinajstić information content (AvgIpc) is 2.51. The topological polar surface area (TPSA) is 31.2 Å². The second kappa shape index (κ2) is 3.05. The number of nitrogens with one attached hydrogen (secondary N) is 1. The fourth-order valence-electron chi connectivity index (χ4n) is 0.571. The molecule has 0 spiro atoms. The van der Waals surface area contributed by atoms with Crippen molar-refractivity contribution < 1.29 is 4.74 Å². The van der Waals surface area contributed by atoms with Crippen LogP contribution in [0.1, 0.15) is 13.3 Å². The Morgan fingerprint density at radius 2 is 2.50 bits per heavy atom. The van der Waals surface area contributed by atoms with Crippen LogP contribution in [-0.4, -0.2) is 25.8 Å². The number of hydrogen-bond donors (Lipinski definition) is 1. The molecule has 1 fully saturated rings. The SMILES string of the molecule is CCCOCC1CN1. The van der Waals surface area contributed by atoms with E-state index in [0.717, 1.165) is 26.2 Å². The van der Waals surface area contributed by atoms with E-state index in [-0.39, 0.29) is 0 Å². The lowest BCUT2D eigenvalue weighted by Gasteiger charge is -1.96. The van der Waals surface area contributed by atoms with Gasteiger partial charge in [-0.3, -0.25) is 0 Å². The molecule has 1 aliphatic heterocycles. The normalized spacial score (nSPS) is 25.9. The van der Waals surface area contributed by atoms with Crippen molar-refractivity contribution in [3.8, 4) is 0 Å². The largest absolute Gasteiger partial charge is 0.380 e. The lowest BCUT2D eigenvalue weighted by molar-refractivity contribution is 0.137. The van der Waals surface area contributed by atoms with Crippen molar-refractivity contribution >= 4 is 0 Å². The molecule has 1 atom stereocenters. The first-order valence-electron chi connectivity index (χ1n) is 3.24. The predicted octanol–water partition coefficient (Wildman–Crippen LogP) is 0.385. The highest BCUT2D eigenvalue weighted by Crippen LogP contribution is 1.96. The Labute approximate surface area is 50.2 Å². The van der Waals surface area contributed by atoms with Crippen molar-refractivity contribution in [3.63, 3.8) is 0 Å². The van der Waals surface area contributed by atoms with Gasteiger partial charge in [-0.25, -0.2) is 0 Å². The van der Waals surface area contributed by atoms with Crippen molar-refractivity contribution in [2.24, 2.45) is 0 Å². The van der Waals surface area contributed by atoms with Crippen LogP contribution < -0.4 is 5.32 Å². The fraction of sp³-hybridized carbons (Fsp3) is 1.00. The van der Waals surface area contributed by atoms with Gasteiger partial charge < -0.3 is 10.1 Å². The quantitative estimate of drug-likeness (QED) is 0.424. The summed E-state index contributed by atoms with van der Waals surface area (Å²) in [4.78, 5) is 0. The Morgan fingerprint density at radius 1 is 1.75 bits per heavy atom. The van der Waals surface area contributed by atoms with Gasteiger partial charge in [0.1, 0.15) is 0 Å². The second-order valence-electron chi connectivity index (χ2n) is 2.18. The van der Waals surface area contributed by atoms with E-state index < -0.39 is 0 Å². The van der Waals surface area contributed by atoms with Gasteiger partial charge in [-0.1, -0.05) is 6.92 Å². The maximum atomic E-state index is 5.24. The molecule has 1 aliphatic rings. The minimum atomic E-state index is 0.682. The Kier molecular flexibility index (Phi) is 2.30. The zero-order valence-electron chi connectivity index (χ0n) is 5.31. The summed E-state index contributed by atoms with van der Waals surface area (Å²) >= 11 is 0. The summed E-state index contributed by atoms with van der Waals surface area (Å²) in [7, 11) is 0. The molecule has 0 bridgehead atoms. The van der Waals surface area contributed by atoms with E-state index in [4.69, 9.17) is 4.74 Å². The Bertz CT molecular complexity index is 61.5. The molecule has 2 heteroatoms. The molecule has 1 rings (SSSR count). The molecule has 0 saturated carbocycles. The molecule has 0 aliphatic carbocycles. The van der Waals surface area contributed by atoms with Crippen LogP contribution in [0.3, 0.4) is 0 Å². The van der Waals surface area contributed by atoms with Crippen LogP contribution in [0.4, 0.5) is 0 Å². The van der Waals surface area contributed by atoms with Crippen LogP contribution in [0, 0.1) is 0 Å². The van der Waals surface area contributed by atoms with Gasteiger partial charge in [0.25, 0.3) is 0 Å². The first kappa shape index (κ1) is 6.05. The van der Waals surface area contributed by atoms with Gasteiger partial charge in [0.05, 0.1) is 6.61 Å². The third-order valence-corrected chi connectivity index (χ3v) is 1.16. The highest BCUT2D eigenvalue weighted by Gasteiger charge is 2.18.